The molecule has 2 aliphatic heterocycles. The number of aromatic nitrogens is 3. The number of carbonyl (C=O) groups excluding carboxylic acids is 1. The van der Waals surface area contributed by atoms with Crippen molar-refractivity contribution in [3.05, 3.63) is 35.5 Å². The smallest absolute Gasteiger partial charge is 0.276 e. The molecule has 4 heterocycles. The molecule has 8 nitrogen and oxygen atoms in total. The van der Waals surface area contributed by atoms with Crippen molar-refractivity contribution in [1.82, 2.24) is 19.8 Å². The summed E-state index contributed by atoms with van der Waals surface area (Å²) in [5.41, 5.74) is -0.103. The third-order valence-corrected chi connectivity index (χ3v) is 5.61. The number of nitrogens with zero attached hydrogens (tertiary/aromatic N) is 4. The number of likely N-dealkylation sites (tertiary alicyclic amines) is 1. The number of aryl methyl sites for hydroxylation is 1. The maximum absolute atomic E-state index is 12.9. The molecule has 0 saturated carbocycles. The first-order chi connectivity index (χ1) is 12.9. The zero-order chi connectivity index (χ0) is 19.1. The summed E-state index contributed by atoms with van der Waals surface area (Å²) in [4.78, 5) is 14.6. The van der Waals surface area contributed by atoms with E-state index < -0.39 is 11.2 Å². The summed E-state index contributed by atoms with van der Waals surface area (Å²) in [6.07, 6.45) is 6.89. The van der Waals surface area contributed by atoms with E-state index in [1.165, 1.54) is 0 Å². The van der Waals surface area contributed by atoms with E-state index >= 15 is 0 Å². The van der Waals surface area contributed by atoms with Crippen LogP contribution < -0.4 is 0 Å². The topological polar surface area (TPSA) is 93.6 Å². The van der Waals surface area contributed by atoms with Gasteiger partial charge in [0.25, 0.3) is 5.91 Å². The Hall–Kier alpha value is -2.19. The number of hydrogen-bond acceptors (Lipinski definition) is 6. The van der Waals surface area contributed by atoms with Gasteiger partial charge in [-0.1, -0.05) is 24.9 Å². The summed E-state index contributed by atoms with van der Waals surface area (Å²) in [6, 6.07) is 1.83. The van der Waals surface area contributed by atoms with Crippen molar-refractivity contribution < 1.29 is 19.2 Å². The fourth-order valence-corrected chi connectivity index (χ4v) is 4.10. The molecule has 8 heteroatoms. The van der Waals surface area contributed by atoms with Gasteiger partial charge < -0.3 is 19.3 Å². The highest BCUT2D eigenvalue weighted by atomic mass is 16.5. The van der Waals surface area contributed by atoms with Crippen molar-refractivity contribution in [2.24, 2.45) is 0 Å². The Balaban J connectivity index is 1.42. The van der Waals surface area contributed by atoms with Crippen LogP contribution in [0.3, 0.4) is 0 Å². The van der Waals surface area contributed by atoms with Crippen molar-refractivity contribution in [1.29, 1.82) is 0 Å². The molecule has 2 aromatic heterocycles. The predicted octanol–water partition coefficient (Wildman–Crippen LogP) is 1.76. The van der Waals surface area contributed by atoms with Crippen LogP contribution in [0.2, 0.25) is 0 Å². The van der Waals surface area contributed by atoms with Crippen molar-refractivity contribution in [3.63, 3.8) is 0 Å². The first-order valence-corrected chi connectivity index (χ1v) is 9.52. The second-order valence-electron chi connectivity index (χ2n) is 7.91. The van der Waals surface area contributed by atoms with Gasteiger partial charge in [0.2, 0.25) is 0 Å². The van der Waals surface area contributed by atoms with Gasteiger partial charge in [-0.2, -0.15) is 5.10 Å². The molecule has 2 saturated heterocycles. The molecule has 27 heavy (non-hydrogen) atoms. The van der Waals surface area contributed by atoms with Gasteiger partial charge in [-0.05, 0) is 19.4 Å². The van der Waals surface area contributed by atoms with E-state index in [-0.39, 0.29) is 5.91 Å². The van der Waals surface area contributed by atoms with Gasteiger partial charge in [-0.3, -0.25) is 9.48 Å². The van der Waals surface area contributed by atoms with Crippen LogP contribution >= 0.6 is 0 Å². The van der Waals surface area contributed by atoms with Crippen LogP contribution in [0.15, 0.2) is 23.0 Å². The molecule has 2 aliphatic rings. The Morgan fingerprint density at radius 1 is 1.41 bits per heavy atom. The summed E-state index contributed by atoms with van der Waals surface area (Å²) in [5.74, 6) is 0.461. The van der Waals surface area contributed by atoms with Gasteiger partial charge in [0.1, 0.15) is 11.4 Å². The molecule has 0 bridgehead atoms. The Bertz CT molecular complexity index is 810. The lowest BCUT2D eigenvalue weighted by molar-refractivity contribution is -0.0958. The number of hydrogen-bond donors (Lipinski definition) is 1. The lowest BCUT2D eigenvalue weighted by Gasteiger charge is -2.47. The van der Waals surface area contributed by atoms with Crippen LogP contribution in [0.4, 0.5) is 0 Å². The largest absolute Gasteiger partial charge is 0.387 e. The highest BCUT2D eigenvalue weighted by Crippen LogP contribution is 2.42. The van der Waals surface area contributed by atoms with Crippen LogP contribution in [0.5, 0.6) is 0 Å². The summed E-state index contributed by atoms with van der Waals surface area (Å²) in [5, 5.41) is 18.9. The van der Waals surface area contributed by atoms with Crippen LogP contribution in [0.25, 0.3) is 0 Å². The minimum Gasteiger partial charge on any atom is -0.387 e. The van der Waals surface area contributed by atoms with E-state index in [1.54, 1.807) is 22.7 Å². The van der Waals surface area contributed by atoms with Gasteiger partial charge in [0, 0.05) is 24.4 Å². The Morgan fingerprint density at radius 2 is 2.22 bits per heavy atom. The Kier molecular flexibility index (Phi) is 4.55. The van der Waals surface area contributed by atoms with Gasteiger partial charge in [0.05, 0.1) is 31.8 Å². The van der Waals surface area contributed by atoms with Gasteiger partial charge in [-0.25, -0.2) is 0 Å². The number of rotatable bonds is 6. The van der Waals surface area contributed by atoms with Gasteiger partial charge in [-0.15, -0.1) is 0 Å². The van der Waals surface area contributed by atoms with Crippen molar-refractivity contribution >= 4 is 5.91 Å². The normalized spacial score (nSPS) is 23.7. The van der Waals surface area contributed by atoms with Crippen molar-refractivity contribution in [2.75, 3.05) is 19.7 Å². The molecular formula is C19H26N4O4. The Labute approximate surface area is 158 Å². The summed E-state index contributed by atoms with van der Waals surface area (Å²) < 4.78 is 12.9. The fourth-order valence-electron chi connectivity index (χ4n) is 4.10. The van der Waals surface area contributed by atoms with Crippen molar-refractivity contribution in [2.45, 2.75) is 57.3 Å². The van der Waals surface area contributed by atoms with Crippen LogP contribution in [0.1, 0.15) is 54.4 Å². The molecule has 0 aliphatic carbocycles. The second kappa shape index (κ2) is 6.76. The third-order valence-electron chi connectivity index (χ3n) is 5.61. The van der Waals surface area contributed by atoms with Crippen LogP contribution in [-0.2, 0) is 11.3 Å². The van der Waals surface area contributed by atoms with Gasteiger partial charge in [0.15, 0.2) is 5.69 Å². The SMILES string of the molecule is CCCCC1(O)COC2(CN(C(=O)c3noc(C)c3Cn3cccn3)C2)C1. The number of carbonyl (C=O) groups is 1. The number of aliphatic hydroxyl groups is 1. The van der Waals surface area contributed by atoms with E-state index in [0.717, 1.165) is 24.8 Å². The lowest BCUT2D eigenvalue weighted by atomic mass is 9.82. The summed E-state index contributed by atoms with van der Waals surface area (Å²) in [6.45, 7) is 5.66. The molecule has 0 radical (unpaired) electrons. The van der Waals surface area contributed by atoms with Crippen LogP contribution in [-0.4, -0.2) is 61.7 Å². The predicted molar refractivity (Wildman–Crippen MR) is 96.2 cm³/mol. The van der Waals surface area contributed by atoms with E-state index in [2.05, 4.69) is 17.2 Å². The molecule has 4 rings (SSSR count). The molecule has 146 valence electrons. The Morgan fingerprint density at radius 3 is 2.93 bits per heavy atom. The molecule has 0 aromatic carbocycles. The molecule has 1 amide bonds. The van der Waals surface area contributed by atoms with E-state index in [4.69, 9.17) is 9.26 Å². The molecule has 2 fully saturated rings. The van der Waals surface area contributed by atoms with Gasteiger partial charge >= 0.3 is 0 Å². The molecule has 1 atom stereocenters. The highest BCUT2D eigenvalue weighted by molar-refractivity contribution is 5.94. The molecular weight excluding hydrogens is 348 g/mol. The lowest BCUT2D eigenvalue weighted by Crippen LogP contribution is -2.63. The third kappa shape index (κ3) is 3.39. The summed E-state index contributed by atoms with van der Waals surface area (Å²) in [7, 11) is 0. The zero-order valence-electron chi connectivity index (χ0n) is 15.8. The second-order valence-corrected chi connectivity index (χ2v) is 7.91. The average molecular weight is 374 g/mol. The minimum absolute atomic E-state index is 0.160. The highest BCUT2D eigenvalue weighted by Gasteiger charge is 2.56. The zero-order valence-corrected chi connectivity index (χ0v) is 15.8. The standard InChI is InChI=1S/C19H26N4O4/c1-3-4-6-18(25)10-19(26-13-18)11-22(12-19)17(24)16-15(14(2)27-21-16)9-23-8-5-7-20-23/h5,7-8,25H,3-4,6,9-13H2,1-2H3. The van der Waals surface area contributed by atoms with Crippen molar-refractivity contribution in [3.8, 4) is 0 Å². The average Bonchev–Trinajstić information content (AvgIpc) is 3.33. The quantitative estimate of drug-likeness (QED) is 0.828. The first-order valence-electron chi connectivity index (χ1n) is 9.52. The summed E-state index contributed by atoms with van der Waals surface area (Å²) >= 11 is 0. The van der Waals surface area contributed by atoms with Crippen LogP contribution in [0, 0.1) is 6.92 Å². The number of ether oxygens (including phenoxy) is 1. The fraction of sp³-hybridized carbons (Fsp3) is 0.632. The first kappa shape index (κ1) is 18.2. The monoisotopic (exact) mass is 374 g/mol. The number of amides is 1. The van der Waals surface area contributed by atoms with E-state index in [9.17, 15) is 9.90 Å². The molecule has 1 N–H and O–H groups in total. The molecule has 1 spiro atoms. The maximum atomic E-state index is 12.9. The molecule has 1 unspecified atom stereocenters. The van der Waals surface area contributed by atoms with E-state index in [1.807, 2.05) is 12.3 Å². The van der Waals surface area contributed by atoms with E-state index in [0.29, 0.717) is 44.1 Å². The maximum Gasteiger partial charge on any atom is 0.276 e. The minimum atomic E-state index is -0.763. The molecule has 2 aromatic rings. The number of unbranched alkanes of at least 4 members (excludes halogenated alkanes) is 1.